The Balaban J connectivity index is 1.32. The molecule has 0 unspecified atom stereocenters. The van der Waals surface area contributed by atoms with Gasteiger partial charge < -0.3 is 0 Å². The first-order valence-corrected chi connectivity index (χ1v) is 9.58. The number of aromatic nitrogens is 2. The molecule has 0 atom stereocenters. The molecule has 2 N–H and O–H groups in total. The second kappa shape index (κ2) is 7.32. The van der Waals surface area contributed by atoms with Crippen LogP contribution in [0.4, 0.5) is 0 Å². The molecule has 0 bridgehead atoms. The topological polar surface area (TPSA) is 93.1 Å². The number of rotatable bonds is 4. The number of nitrogens with one attached hydrogen (secondary N) is 2. The number of amides is 2. The molecular formula is C19H18N4O3S. The Kier molecular flexibility index (Phi) is 4.72. The summed E-state index contributed by atoms with van der Waals surface area (Å²) in [5.74, 6) is -0.681. The number of carbonyl (C=O) groups is 2. The van der Waals surface area contributed by atoms with E-state index < -0.39 is 0 Å². The standard InChI is InChI=1S/C19H18N4O3S/c24-17(21-22-18(25)16-10-12-4-3-7-15(12)27-16)8-9-23-11-20-14-6-2-1-5-13(14)19(23)26/h1-2,5-6,10-11H,3-4,7-9H2,(H,21,24)(H,22,25). The van der Waals surface area contributed by atoms with Crippen LogP contribution in [0.25, 0.3) is 10.9 Å². The van der Waals surface area contributed by atoms with Crippen molar-refractivity contribution in [3.05, 3.63) is 62.3 Å². The van der Waals surface area contributed by atoms with Crippen molar-refractivity contribution in [2.24, 2.45) is 0 Å². The van der Waals surface area contributed by atoms with E-state index in [2.05, 4.69) is 15.8 Å². The van der Waals surface area contributed by atoms with E-state index in [4.69, 9.17) is 0 Å². The highest BCUT2D eigenvalue weighted by Crippen LogP contribution is 2.30. The van der Waals surface area contributed by atoms with Crippen LogP contribution in [0.5, 0.6) is 0 Å². The number of thiophene rings is 1. The first-order valence-electron chi connectivity index (χ1n) is 8.77. The number of para-hydroxylation sites is 1. The first-order chi connectivity index (χ1) is 13.1. The van der Waals surface area contributed by atoms with Crippen molar-refractivity contribution in [3.8, 4) is 0 Å². The van der Waals surface area contributed by atoms with E-state index in [1.807, 2.05) is 12.1 Å². The fourth-order valence-electron chi connectivity index (χ4n) is 3.18. The number of hydrogen-bond donors (Lipinski definition) is 2. The maximum Gasteiger partial charge on any atom is 0.279 e. The van der Waals surface area contributed by atoms with Crippen molar-refractivity contribution in [3.63, 3.8) is 0 Å². The molecule has 1 aliphatic rings. The fraction of sp³-hybridized carbons (Fsp3) is 0.263. The van der Waals surface area contributed by atoms with Crippen LogP contribution in [0.15, 0.2) is 41.5 Å². The number of fused-ring (bicyclic) bond motifs is 2. The van der Waals surface area contributed by atoms with Gasteiger partial charge in [0.15, 0.2) is 0 Å². The normalized spacial score (nSPS) is 12.7. The first kappa shape index (κ1) is 17.4. The monoisotopic (exact) mass is 382 g/mol. The number of hydrogen-bond acceptors (Lipinski definition) is 5. The second-order valence-electron chi connectivity index (χ2n) is 6.43. The van der Waals surface area contributed by atoms with Crippen molar-refractivity contribution in [2.45, 2.75) is 32.2 Å². The lowest BCUT2D eigenvalue weighted by Crippen LogP contribution is -2.41. The zero-order valence-corrected chi connectivity index (χ0v) is 15.3. The van der Waals surface area contributed by atoms with Gasteiger partial charge in [-0.05, 0) is 43.0 Å². The van der Waals surface area contributed by atoms with Gasteiger partial charge in [-0.2, -0.15) is 0 Å². The molecule has 0 saturated carbocycles. The van der Waals surface area contributed by atoms with Crippen LogP contribution in [0, 0.1) is 0 Å². The summed E-state index contributed by atoms with van der Waals surface area (Å²) in [5, 5.41) is 0.513. The van der Waals surface area contributed by atoms with Crippen LogP contribution < -0.4 is 16.4 Å². The van der Waals surface area contributed by atoms with Crippen LogP contribution >= 0.6 is 11.3 Å². The third-order valence-corrected chi connectivity index (χ3v) is 5.83. The molecular weight excluding hydrogens is 364 g/mol. The molecule has 0 aliphatic heterocycles. The molecule has 1 aromatic carbocycles. The zero-order chi connectivity index (χ0) is 18.8. The molecule has 138 valence electrons. The molecule has 3 aromatic rings. The van der Waals surface area contributed by atoms with Crippen molar-refractivity contribution in [1.29, 1.82) is 0 Å². The molecule has 0 fully saturated rings. The summed E-state index contributed by atoms with van der Waals surface area (Å²) in [6.07, 6.45) is 4.67. The van der Waals surface area contributed by atoms with Crippen molar-refractivity contribution in [1.82, 2.24) is 20.4 Å². The fourth-order valence-corrected chi connectivity index (χ4v) is 4.33. The minimum atomic E-state index is -0.368. The van der Waals surface area contributed by atoms with Gasteiger partial charge >= 0.3 is 0 Å². The minimum Gasteiger partial charge on any atom is -0.298 e. The van der Waals surface area contributed by atoms with E-state index >= 15 is 0 Å². The summed E-state index contributed by atoms with van der Waals surface area (Å²) < 4.78 is 1.40. The van der Waals surface area contributed by atoms with Crippen LogP contribution in [0.2, 0.25) is 0 Å². The minimum absolute atomic E-state index is 0.0567. The predicted octanol–water partition coefficient (Wildman–Crippen LogP) is 1.80. The van der Waals surface area contributed by atoms with Gasteiger partial charge in [0, 0.05) is 17.8 Å². The van der Waals surface area contributed by atoms with Crippen LogP contribution in [0.3, 0.4) is 0 Å². The smallest absolute Gasteiger partial charge is 0.279 e. The lowest BCUT2D eigenvalue weighted by atomic mass is 10.2. The lowest BCUT2D eigenvalue weighted by Gasteiger charge is -2.08. The Labute approximate surface area is 159 Å². The summed E-state index contributed by atoms with van der Waals surface area (Å²) in [7, 11) is 0. The van der Waals surface area contributed by atoms with Gasteiger partial charge in [-0.15, -0.1) is 11.3 Å². The Morgan fingerprint density at radius 1 is 1.19 bits per heavy atom. The molecule has 0 radical (unpaired) electrons. The molecule has 0 spiro atoms. The molecule has 7 nitrogen and oxygen atoms in total. The van der Waals surface area contributed by atoms with Crippen LogP contribution in [-0.4, -0.2) is 21.4 Å². The van der Waals surface area contributed by atoms with E-state index in [1.165, 1.54) is 32.7 Å². The summed E-state index contributed by atoms with van der Waals surface area (Å²) in [6, 6.07) is 8.97. The van der Waals surface area contributed by atoms with Crippen LogP contribution in [0.1, 0.15) is 33.0 Å². The van der Waals surface area contributed by atoms with E-state index in [0.717, 1.165) is 19.3 Å². The van der Waals surface area contributed by atoms with Gasteiger partial charge in [0.25, 0.3) is 11.5 Å². The summed E-state index contributed by atoms with van der Waals surface area (Å²) in [5.41, 5.74) is 6.51. The average Bonchev–Trinajstić information content (AvgIpc) is 3.28. The zero-order valence-electron chi connectivity index (χ0n) is 14.5. The highest BCUT2D eigenvalue weighted by atomic mass is 32.1. The highest BCUT2D eigenvalue weighted by Gasteiger charge is 2.18. The van der Waals surface area contributed by atoms with Crippen molar-refractivity contribution < 1.29 is 9.59 Å². The molecule has 2 heterocycles. The third-order valence-electron chi connectivity index (χ3n) is 4.60. The predicted molar refractivity (Wildman–Crippen MR) is 103 cm³/mol. The van der Waals surface area contributed by atoms with E-state index in [-0.39, 0.29) is 30.3 Å². The van der Waals surface area contributed by atoms with Gasteiger partial charge in [-0.3, -0.25) is 29.8 Å². The van der Waals surface area contributed by atoms with Crippen molar-refractivity contribution >= 4 is 34.1 Å². The second-order valence-corrected chi connectivity index (χ2v) is 7.56. The van der Waals surface area contributed by atoms with Gasteiger partial charge in [0.05, 0.1) is 22.1 Å². The number of carbonyl (C=O) groups excluding carboxylic acids is 2. The third kappa shape index (κ3) is 3.61. The number of benzene rings is 1. The molecule has 8 heteroatoms. The number of hydrazine groups is 1. The SMILES string of the molecule is O=C(CCn1cnc2ccccc2c1=O)NNC(=O)c1cc2c(s1)CCC2. The maximum atomic E-state index is 12.4. The molecule has 2 aromatic heterocycles. The Hall–Kier alpha value is -3.00. The van der Waals surface area contributed by atoms with Gasteiger partial charge in [-0.25, -0.2) is 4.98 Å². The number of nitrogens with zero attached hydrogens (tertiary/aromatic N) is 2. The highest BCUT2D eigenvalue weighted by molar-refractivity contribution is 7.14. The summed E-state index contributed by atoms with van der Waals surface area (Å²) in [4.78, 5) is 42.6. The molecule has 4 rings (SSSR count). The molecule has 1 aliphatic carbocycles. The molecule has 2 amide bonds. The van der Waals surface area contributed by atoms with Gasteiger partial charge in [-0.1, -0.05) is 12.1 Å². The molecule has 27 heavy (non-hydrogen) atoms. The largest absolute Gasteiger partial charge is 0.298 e. The summed E-state index contributed by atoms with van der Waals surface area (Å²) in [6.45, 7) is 0.186. The quantitative estimate of drug-likeness (QED) is 0.673. The number of aryl methyl sites for hydroxylation is 3. The van der Waals surface area contributed by atoms with Gasteiger partial charge in [0.1, 0.15) is 0 Å². The Bertz CT molecular complexity index is 1060. The Morgan fingerprint density at radius 2 is 2.04 bits per heavy atom. The Morgan fingerprint density at radius 3 is 2.89 bits per heavy atom. The van der Waals surface area contributed by atoms with Crippen LogP contribution in [-0.2, 0) is 24.2 Å². The lowest BCUT2D eigenvalue weighted by molar-refractivity contribution is -0.122. The maximum absolute atomic E-state index is 12.4. The average molecular weight is 382 g/mol. The van der Waals surface area contributed by atoms with E-state index in [1.54, 1.807) is 18.2 Å². The summed E-state index contributed by atoms with van der Waals surface area (Å²) >= 11 is 1.48. The van der Waals surface area contributed by atoms with E-state index in [9.17, 15) is 14.4 Å². The molecule has 0 saturated heterocycles. The van der Waals surface area contributed by atoms with E-state index in [0.29, 0.717) is 15.8 Å². The van der Waals surface area contributed by atoms with Crippen molar-refractivity contribution in [2.75, 3.05) is 0 Å². The van der Waals surface area contributed by atoms with Gasteiger partial charge in [0.2, 0.25) is 5.91 Å².